The maximum absolute atomic E-state index is 5.44. The number of hydrogen-bond acceptors (Lipinski definition) is 2. The molecule has 76 valence electrons. The molecule has 3 heteroatoms. The van der Waals surface area contributed by atoms with Gasteiger partial charge in [0.2, 0.25) is 0 Å². The molecule has 0 spiro atoms. The normalized spacial score (nSPS) is 22.3. The van der Waals surface area contributed by atoms with Gasteiger partial charge in [-0.25, -0.2) is 0 Å². The number of morpholine rings is 1. The zero-order valence-corrected chi connectivity index (χ0v) is 9.80. The number of halogens is 1. The van der Waals surface area contributed by atoms with Gasteiger partial charge in [-0.1, -0.05) is 28.1 Å². The Morgan fingerprint density at radius 3 is 3.00 bits per heavy atom. The fraction of sp³-hybridized carbons (Fsp3) is 0.455. The van der Waals surface area contributed by atoms with Crippen molar-refractivity contribution in [2.75, 3.05) is 19.8 Å². The lowest BCUT2D eigenvalue weighted by Crippen LogP contribution is -2.34. The van der Waals surface area contributed by atoms with E-state index in [1.54, 1.807) is 0 Å². The molecule has 1 unspecified atom stereocenters. The van der Waals surface area contributed by atoms with Crippen LogP contribution in [-0.2, 0) is 4.74 Å². The van der Waals surface area contributed by atoms with Crippen molar-refractivity contribution in [3.8, 4) is 0 Å². The number of nitrogens with one attached hydrogen (secondary N) is 1. The van der Waals surface area contributed by atoms with Gasteiger partial charge in [0.05, 0.1) is 19.3 Å². The second-order valence-electron chi connectivity index (χ2n) is 3.61. The standard InChI is InChI=1S/C11H14BrNO/c1-8-2-3-9(10(12)6-8)11-7-14-5-4-13-11/h2-3,6,11,13H,4-5,7H2,1H3. The van der Waals surface area contributed by atoms with Crippen LogP contribution in [-0.4, -0.2) is 19.8 Å². The van der Waals surface area contributed by atoms with Crippen molar-refractivity contribution in [3.63, 3.8) is 0 Å². The molecule has 1 aliphatic rings. The Balaban J connectivity index is 2.22. The molecule has 1 fully saturated rings. The largest absolute Gasteiger partial charge is 0.378 e. The fourth-order valence-corrected chi connectivity index (χ4v) is 2.45. The highest BCUT2D eigenvalue weighted by molar-refractivity contribution is 9.10. The van der Waals surface area contributed by atoms with Crippen molar-refractivity contribution in [2.24, 2.45) is 0 Å². The molecule has 1 atom stereocenters. The molecule has 0 aromatic heterocycles. The third-order valence-electron chi connectivity index (χ3n) is 2.45. The SMILES string of the molecule is Cc1ccc(C2COCCN2)c(Br)c1. The van der Waals surface area contributed by atoms with Crippen LogP contribution in [0.4, 0.5) is 0 Å². The smallest absolute Gasteiger partial charge is 0.0662 e. The van der Waals surface area contributed by atoms with Gasteiger partial charge in [0.1, 0.15) is 0 Å². The lowest BCUT2D eigenvalue weighted by Gasteiger charge is -2.25. The molecular formula is C11H14BrNO. The second-order valence-corrected chi connectivity index (χ2v) is 4.46. The van der Waals surface area contributed by atoms with Crippen molar-refractivity contribution in [1.29, 1.82) is 0 Å². The summed E-state index contributed by atoms with van der Waals surface area (Å²) in [6, 6.07) is 6.77. The first kappa shape index (κ1) is 10.1. The molecule has 0 bridgehead atoms. The Hall–Kier alpha value is -0.380. The minimum Gasteiger partial charge on any atom is -0.378 e. The summed E-state index contributed by atoms with van der Waals surface area (Å²) < 4.78 is 6.61. The van der Waals surface area contributed by atoms with Crippen LogP contribution in [0.25, 0.3) is 0 Å². The fourth-order valence-electron chi connectivity index (χ4n) is 1.68. The van der Waals surface area contributed by atoms with Crippen molar-refractivity contribution in [2.45, 2.75) is 13.0 Å². The molecule has 0 saturated carbocycles. The minimum atomic E-state index is 0.332. The molecule has 1 aromatic rings. The molecule has 0 aliphatic carbocycles. The zero-order valence-electron chi connectivity index (χ0n) is 8.22. The van der Waals surface area contributed by atoms with E-state index in [0.29, 0.717) is 6.04 Å². The van der Waals surface area contributed by atoms with Crippen LogP contribution in [0.3, 0.4) is 0 Å². The Morgan fingerprint density at radius 2 is 2.36 bits per heavy atom. The summed E-state index contributed by atoms with van der Waals surface area (Å²) >= 11 is 3.59. The Labute approximate surface area is 92.8 Å². The molecule has 14 heavy (non-hydrogen) atoms. The van der Waals surface area contributed by atoms with Crippen LogP contribution < -0.4 is 5.32 Å². The number of hydrogen-bond donors (Lipinski definition) is 1. The third kappa shape index (κ3) is 2.16. The lowest BCUT2D eigenvalue weighted by molar-refractivity contribution is 0.0767. The van der Waals surface area contributed by atoms with E-state index in [4.69, 9.17) is 4.74 Å². The summed E-state index contributed by atoms with van der Waals surface area (Å²) in [6.45, 7) is 4.62. The highest BCUT2D eigenvalue weighted by Gasteiger charge is 2.17. The molecule has 1 saturated heterocycles. The van der Waals surface area contributed by atoms with Crippen molar-refractivity contribution in [1.82, 2.24) is 5.32 Å². The molecule has 0 amide bonds. The summed E-state index contributed by atoms with van der Waals surface area (Å²) in [5, 5.41) is 3.44. The van der Waals surface area contributed by atoms with Crippen LogP contribution in [0, 0.1) is 6.92 Å². The van der Waals surface area contributed by atoms with Gasteiger partial charge in [0, 0.05) is 11.0 Å². The molecule has 2 rings (SSSR count). The zero-order chi connectivity index (χ0) is 9.97. The van der Waals surface area contributed by atoms with E-state index in [2.05, 4.69) is 46.4 Å². The summed E-state index contributed by atoms with van der Waals surface area (Å²) in [5.41, 5.74) is 2.56. The van der Waals surface area contributed by atoms with Gasteiger partial charge in [-0.3, -0.25) is 0 Å². The van der Waals surface area contributed by atoms with E-state index >= 15 is 0 Å². The predicted octanol–water partition coefficient (Wildman–Crippen LogP) is 2.42. The molecule has 1 aliphatic heterocycles. The summed E-state index contributed by atoms with van der Waals surface area (Å²) in [7, 11) is 0. The van der Waals surface area contributed by atoms with Gasteiger partial charge in [-0.2, -0.15) is 0 Å². The molecule has 0 radical (unpaired) electrons. The molecule has 1 heterocycles. The summed E-state index contributed by atoms with van der Waals surface area (Å²) in [4.78, 5) is 0. The molecule has 1 aromatic carbocycles. The first-order valence-corrected chi connectivity index (χ1v) is 5.64. The quantitative estimate of drug-likeness (QED) is 0.833. The average Bonchev–Trinajstić information content (AvgIpc) is 2.19. The first-order chi connectivity index (χ1) is 6.77. The van der Waals surface area contributed by atoms with Gasteiger partial charge < -0.3 is 10.1 Å². The summed E-state index contributed by atoms with van der Waals surface area (Å²) in [6.07, 6.45) is 0. The van der Waals surface area contributed by atoms with Gasteiger partial charge in [-0.15, -0.1) is 0 Å². The number of ether oxygens (including phenoxy) is 1. The van der Waals surface area contributed by atoms with Crippen molar-refractivity contribution in [3.05, 3.63) is 33.8 Å². The molecule has 2 nitrogen and oxygen atoms in total. The molecule has 1 N–H and O–H groups in total. The maximum Gasteiger partial charge on any atom is 0.0662 e. The van der Waals surface area contributed by atoms with E-state index < -0.39 is 0 Å². The Bertz CT molecular complexity index is 321. The van der Waals surface area contributed by atoms with Gasteiger partial charge in [-0.05, 0) is 24.1 Å². The van der Waals surface area contributed by atoms with Gasteiger partial charge in [0.25, 0.3) is 0 Å². The highest BCUT2D eigenvalue weighted by Crippen LogP contribution is 2.25. The number of rotatable bonds is 1. The van der Waals surface area contributed by atoms with E-state index in [-0.39, 0.29) is 0 Å². The Kier molecular flexibility index (Phi) is 3.21. The van der Waals surface area contributed by atoms with E-state index in [0.717, 1.165) is 19.8 Å². The second kappa shape index (κ2) is 4.43. The summed E-state index contributed by atoms with van der Waals surface area (Å²) in [5.74, 6) is 0. The van der Waals surface area contributed by atoms with Crippen LogP contribution in [0.1, 0.15) is 17.2 Å². The minimum absolute atomic E-state index is 0.332. The van der Waals surface area contributed by atoms with Gasteiger partial charge in [0.15, 0.2) is 0 Å². The van der Waals surface area contributed by atoms with Crippen molar-refractivity contribution >= 4 is 15.9 Å². The van der Waals surface area contributed by atoms with E-state index in [1.807, 2.05) is 0 Å². The monoisotopic (exact) mass is 255 g/mol. The van der Waals surface area contributed by atoms with Crippen LogP contribution in [0.15, 0.2) is 22.7 Å². The number of benzene rings is 1. The average molecular weight is 256 g/mol. The third-order valence-corrected chi connectivity index (χ3v) is 3.14. The highest BCUT2D eigenvalue weighted by atomic mass is 79.9. The predicted molar refractivity (Wildman–Crippen MR) is 60.4 cm³/mol. The van der Waals surface area contributed by atoms with Crippen LogP contribution in [0.2, 0.25) is 0 Å². The van der Waals surface area contributed by atoms with Crippen molar-refractivity contribution < 1.29 is 4.74 Å². The van der Waals surface area contributed by atoms with E-state index in [9.17, 15) is 0 Å². The van der Waals surface area contributed by atoms with E-state index in [1.165, 1.54) is 15.6 Å². The Morgan fingerprint density at radius 1 is 1.50 bits per heavy atom. The topological polar surface area (TPSA) is 21.3 Å². The van der Waals surface area contributed by atoms with Gasteiger partial charge >= 0.3 is 0 Å². The number of aryl methyl sites for hydroxylation is 1. The van der Waals surface area contributed by atoms with Crippen LogP contribution in [0.5, 0.6) is 0 Å². The maximum atomic E-state index is 5.44. The lowest BCUT2D eigenvalue weighted by atomic mass is 10.1. The van der Waals surface area contributed by atoms with Crippen LogP contribution >= 0.6 is 15.9 Å². The first-order valence-electron chi connectivity index (χ1n) is 4.84. The molecular weight excluding hydrogens is 242 g/mol.